The largest absolute Gasteiger partial charge is 0.503 e. The zero-order valence-electron chi connectivity index (χ0n) is 17.0. The van der Waals surface area contributed by atoms with Crippen molar-refractivity contribution in [2.75, 3.05) is 14.2 Å². The molecule has 29 heavy (non-hydrogen) atoms. The number of hydrogen-bond donors (Lipinski definition) is 0. The maximum absolute atomic E-state index is 12.1. The summed E-state index contributed by atoms with van der Waals surface area (Å²) < 4.78 is 17.6. The van der Waals surface area contributed by atoms with Crippen LogP contribution in [0, 0.1) is 6.92 Å². The van der Waals surface area contributed by atoms with Crippen molar-refractivity contribution in [1.82, 2.24) is 9.78 Å². The first-order valence-electron chi connectivity index (χ1n) is 9.17. The van der Waals surface area contributed by atoms with Gasteiger partial charge in [0.05, 0.1) is 26.2 Å². The summed E-state index contributed by atoms with van der Waals surface area (Å²) in [5.74, 6) is 0.159. The second-order valence-electron chi connectivity index (χ2n) is 6.56. The Kier molecular flexibility index (Phi) is 6.34. The number of aromatic nitrogens is 2. The SMILES string of the molecule is CO/C=C(/C(=O)OC)c1ccccc1COc1cc(-c2ccc(C)cc2)nn1C. The summed E-state index contributed by atoms with van der Waals surface area (Å²) in [5, 5.41) is 4.54. The fraction of sp³-hybridized carbons (Fsp3) is 0.217. The quantitative estimate of drug-likeness (QED) is 0.344. The van der Waals surface area contributed by atoms with Crippen LogP contribution in [-0.4, -0.2) is 30.0 Å². The van der Waals surface area contributed by atoms with E-state index in [0.717, 1.165) is 16.8 Å². The molecule has 0 bridgehead atoms. The highest BCUT2D eigenvalue weighted by Crippen LogP contribution is 2.26. The molecule has 0 unspecified atom stereocenters. The maximum atomic E-state index is 12.1. The van der Waals surface area contributed by atoms with E-state index in [9.17, 15) is 4.79 Å². The Bertz CT molecular complexity index is 1020. The lowest BCUT2D eigenvalue weighted by molar-refractivity contribution is -0.133. The summed E-state index contributed by atoms with van der Waals surface area (Å²) in [4.78, 5) is 12.1. The van der Waals surface area contributed by atoms with Gasteiger partial charge in [0.2, 0.25) is 5.88 Å². The molecule has 0 saturated heterocycles. The van der Waals surface area contributed by atoms with Gasteiger partial charge in [-0.05, 0) is 18.1 Å². The van der Waals surface area contributed by atoms with E-state index in [1.165, 1.54) is 26.0 Å². The third-order valence-electron chi connectivity index (χ3n) is 4.51. The van der Waals surface area contributed by atoms with Gasteiger partial charge in [0.25, 0.3) is 0 Å². The van der Waals surface area contributed by atoms with Gasteiger partial charge in [-0.1, -0.05) is 54.1 Å². The van der Waals surface area contributed by atoms with E-state index in [1.807, 2.05) is 49.5 Å². The second kappa shape index (κ2) is 9.10. The summed E-state index contributed by atoms with van der Waals surface area (Å²) in [6, 6.07) is 17.6. The zero-order chi connectivity index (χ0) is 20.8. The zero-order valence-corrected chi connectivity index (χ0v) is 17.0. The first kappa shape index (κ1) is 20.2. The van der Waals surface area contributed by atoms with E-state index in [-0.39, 0.29) is 6.61 Å². The summed E-state index contributed by atoms with van der Waals surface area (Å²) >= 11 is 0. The smallest absolute Gasteiger partial charge is 0.341 e. The standard InChI is InChI=1S/C23H24N2O4/c1-16-9-11-17(12-10-16)21-13-22(25(2)24-21)29-14-18-7-5-6-8-19(18)20(15-27-3)23(26)28-4/h5-13,15H,14H2,1-4H3/b20-15+. The van der Waals surface area contributed by atoms with Crippen molar-refractivity contribution in [1.29, 1.82) is 0 Å². The Labute approximate surface area is 170 Å². The van der Waals surface area contributed by atoms with E-state index < -0.39 is 5.97 Å². The summed E-state index contributed by atoms with van der Waals surface area (Å²) in [5.41, 5.74) is 4.92. The van der Waals surface area contributed by atoms with Crippen LogP contribution in [0.4, 0.5) is 0 Å². The van der Waals surface area contributed by atoms with Gasteiger partial charge in [-0.15, -0.1) is 0 Å². The van der Waals surface area contributed by atoms with E-state index in [0.29, 0.717) is 17.0 Å². The third-order valence-corrected chi connectivity index (χ3v) is 4.51. The number of rotatable bonds is 7. The molecule has 1 heterocycles. The number of hydrogen-bond acceptors (Lipinski definition) is 5. The van der Waals surface area contributed by atoms with E-state index in [2.05, 4.69) is 24.2 Å². The summed E-state index contributed by atoms with van der Waals surface area (Å²) in [6.07, 6.45) is 1.38. The molecule has 0 aliphatic rings. The first-order chi connectivity index (χ1) is 14.0. The van der Waals surface area contributed by atoms with Crippen molar-refractivity contribution in [3.05, 3.63) is 77.5 Å². The van der Waals surface area contributed by atoms with Crippen LogP contribution in [0.2, 0.25) is 0 Å². The van der Waals surface area contributed by atoms with Crippen molar-refractivity contribution < 1.29 is 19.0 Å². The van der Waals surface area contributed by atoms with Crippen LogP contribution in [0.5, 0.6) is 5.88 Å². The van der Waals surface area contributed by atoms with Gasteiger partial charge < -0.3 is 14.2 Å². The lowest BCUT2D eigenvalue weighted by atomic mass is 10.0. The van der Waals surface area contributed by atoms with Crippen LogP contribution >= 0.6 is 0 Å². The molecule has 0 spiro atoms. The molecule has 3 rings (SSSR count). The van der Waals surface area contributed by atoms with E-state index in [4.69, 9.17) is 14.2 Å². The average Bonchev–Trinajstić information content (AvgIpc) is 3.11. The van der Waals surface area contributed by atoms with E-state index in [1.54, 1.807) is 4.68 Å². The van der Waals surface area contributed by atoms with Gasteiger partial charge >= 0.3 is 5.97 Å². The average molecular weight is 392 g/mol. The van der Waals surface area contributed by atoms with Crippen LogP contribution in [0.25, 0.3) is 16.8 Å². The van der Waals surface area contributed by atoms with Crippen molar-refractivity contribution in [2.24, 2.45) is 7.05 Å². The van der Waals surface area contributed by atoms with Gasteiger partial charge in [-0.3, -0.25) is 0 Å². The van der Waals surface area contributed by atoms with Crippen molar-refractivity contribution >= 4 is 11.5 Å². The van der Waals surface area contributed by atoms with Crippen LogP contribution in [0.15, 0.2) is 60.9 Å². The van der Waals surface area contributed by atoms with Gasteiger partial charge in [0.1, 0.15) is 12.2 Å². The molecule has 0 aliphatic carbocycles. The number of esters is 1. The number of benzene rings is 2. The maximum Gasteiger partial charge on any atom is 0.341 e. The lowest BCUT2D eigenvalue weighted by Crippen LogP contribution is -2.09. The molecule has 150 valence electrons. The molecule has 1 aromatic heterocycles. The van der Waals surface area contributed by atoms with Crippen molar-refractivity contribution in [3.8, 4) is 17.1 Å². The predicted octanol–water partition coefficient (Wildman–Crippen LogP) is 4.13. The Morgan fingerprint density at radius 2 is 1.83 bits per heavy atom. The number of nitrogens with zero attached hydrogens (tertiary/aromatic N) is 2. The minimum absolute atomic E-state index is 0.265. The lowest BCUT2D eigenvalue weighted by Gasteiger charge is -2.12. The summed E-state index contributed by atoms with van der Waals surface area (Å²) in [6.45, 7) is 2.32. The van der Waals surface area contributed by atoms with Crippen molar-refractivity contribution in [3.63, 3.8) is 0 Å². The Morgan fingerprint density at radius 1 is 1.10 bits per heavy atom. The number of carbonyl (C=O) groups excluding carboxylic acids is 1. The highest BCUT2D eigenvalue weighted by atomic mass is 16.5. The molecule has 0 atom stereocenters. The predicted molar refractivity (Wildman–Crippen MR) is 111 cm³/mol. The van der Waals surface area contributed by atoms with Crippen LogP contribution in [-0.2, 0) is 27.9 Å². The molecule has 0 fully saturated rings. The molecule has 0 saturated carbocycles. The minimum Gasteiger partial charge on any atom is -0.503 e. The van der Waals surface area contributed by atoms with Gasteiger partial charge in [-0.25, -0.2) is 9.48 Å². The number of ether oxygens (including phenoxy) is 3. The molecule has 0 amide bonds. The van der Waals surface area contributed by atoms with Crippen molar-refractivity contribution in [2.45, 2.75) is 13.5 Å². The molecule has 3 aromatic rings. The van der Waals surface area contributed by atoms with Gasteiger partial charge in [0, 0.05) is 18.7 Å². The molecule has 0 radical (unpaired) electrons. The topological polar surface area (TPSA) is 62.6 Å². The Morgan fingerprint density at radius 3 is 2.52 bits per heavy atom. The number of aryl methyl sites for hydroxylation is 2. The third kappa shape index (κ3) is 4.66. The summed E-state index contributed by atoms with van der Waals surface area (Å²) in [7, 11) is 4.67. The molecule has 6 nitrogen and oxygen atoms in total. The molecule has 2 aromatic carbocycles. The van der Waals surface area contributed by atoms with E-state index >= 15 is 0 Å². The molecule has 0 aliphatic heterocycles. The Balaban J connectivity index is 1.83. The van der Waals surface area contributed by atoms with Crippen LogP contribution in [0.3, 0.4) is 0 Å². The normalized spacial score (nSPS) is 11.2. The monoisotopic (exact) mass is 392 g/mol. The number of carbonyl (C=O) groups is 1. The molecular formula is C23H24N2O4. The number of methoxy groups -OCH3 is 2. The molecule has 0 N–H and O–H groups in total. The van der Waals surface area contributed by atoms with Crippen LogP contribution < -0.4 is 4.74 Å². The van der Waals surface area contributed by atoms with Gasteiger partial charge in [-0.2, -0.15) is 5.10 Å². The fourth-order valence-electron chi connectivity index (χ4n) is 2.96. The fourth-order valence-corrected chi connectivity index (χ4v) is 2.96. The Hall–Kier alpha value is -3.54. The van der Waals surface area contributed by atoms with Crippen LogP contribution in [0.1, 0.15) is 16.7 Å². The second-order valence-corrected chi connectivity index (χ2v) is 6.56. The highest BCUT2D eigenvalue weighted by Gasteiger charge is 2.17. The molecule has 6 heteroatoms. The molecular weight excluding hydrogens is 368 g/mol. The van der Waals surface area contributed by atoms with Gasteiger partial charge in [0.15, 0.2) is 0 Å². The highest BCUT2D eigenvalue weighted by molar-refractivity contribution is 6.16. The minimum atomic E-state index is -0.471. The first-order valence-corrected chi connectivity index (χ1v) is 9.17.